The Hall–Kier alpha value is -0.760. The van der Waals surface area contributed by atoms with Crippen molar-refractivity contribution in [1.82, 2.24) is 4.31 Å². The van der Waals surface area contributed by atoms with Crippen molar-refractivity contribution in [1.29, 1.82) is 0 Å². The lowest BCUT2D eigenvalue weighted by atomic mass is 10.2. The predicted octanol–water partition coefficient (Wildman–Crippen LogP) is 0.724. The number of carbonyl (C=O) groups is 1. The average Bonchev–Trinajstić information content (AvgIpc) is 2.02. The van der Waals surface area contributed by atoms with E-state index in [2.05, 4.69) is 0 Å². The van der Waals surface area contributed by atoms with Crippen LogP contribution in [0.25, 0.3) is 0 Å². The van der Waals surface area contributed by atoms with E-state index in [1.807, 2.05) is 0 Å². The molecule has 0 heterocycles. The SMILES string of the molecule is CCN(C(C)CC(=O)O)S(=O)(=O)C(F)F. The van der Waals surface area contributed by atoms with Crippen LogP contribution < -0.4 is 0 Å². The monoisotopic (exact) mass is 245 g/mol. The quantitative estimate of drug-likeness (QED) is 0.748. The molecule has 0 rings (SSSR count). The Morgan fingerprint density at radius 2 is 1.93 bits per heavy atom. The zero-order valence-electron chi connectivity index (χ0n) is 8.35. The van der Waals surface area contributed by atoms with Gasteiger partial charge in [-0.2, -0.15) is 13.1 Å². The van der Waals surface area contributed by atoms with Crippen LogP contribution >= 0.6 is 0 Å². The van der Waals surface area contributed by atoms with Crippen LogP contribution in [-0.4, -0.2) is 42.1 Å². The van der Waals surface area contributed by atoms with Crippen LogP contribution in [0.2, 0.25) is 0 Å². The van der Waals surface area contributed by atoms with Gasteiger partial charge in [0.1, 0.15) is 0 Å². The minimum Gasteiger partial charge on any atom is -0.481 e. The first-order chi connectivity index (χ1) is 6.73. The van der Waals surface area contributed by atoms with E-state index in [1.165, 1.54) is 13.8 Å². The van der Waals surface area contributed by atoms with E-state index in [9.17, 15) is 22.0 Å². The van der Waals surface area contributed by atoms with Gasteiger partial charge in [0.15, 0.2) is 0 Å². The zero-order chi connectivity index (χ0) is 12.2. The molecule has 0 bridgehead atoms. The molecule has 0 fully saturated rings. The molecule has 0 aromatic heterocycles. The number of carboxylic acids is 1. The van der Waals surface area contributed by atoms with Crippen molar-refractivity contribution >= 4 is 16.0 Å². The van der Waals surface area contributed by atoms with Crippen LogP contribution in [-0.2, 0) is 14.8 Å². The van der Waals surface area contributed by atoms with E-state index in [-0.39, 0.29) is 6.54 Å². The van der Waals surface area contributed by atoms with Crippen LogP contribution in [0.4, 0.5) is 8.78 Å². The van der Waals surface area contributed by atoms with Gasteiger partial charge in [0.2, 0.25) is 0 Å². The van der Waals surface area contributed by atoms with Gasteiger partial charge in [-0.25, -0.2) is 8.42 Å². The highest BCUT2D eigenvalue weighted by molar-refractivity contribution is 7.89. The maximum Gasteiger partial charge on any atom is 0.350 e. The van der Waals surface area contributed by atoms with E-state index >= 15 is 0 Å². The molecule has 0 saturated heterocycles. The normalized spacial score (nSPS) is 14.5. The Morgan fingerprint density at radius 3 is 2.20 bits per heavy atom. The third-order valence-electron chi connectivity index (χ3n) is 1.83. The lowest BCUT2D eigenvalue weighted by molar-refractivity contribution is -0.137. The van der Waals surface area contributed by atoms with E-state index in [0.717, 1.165) is 0 Å². The van der Waals surface area contributed by atoms with Crippen molar-refractivity contribution in [2.24, 2.45) is 0 Å². The van der Waals surface area contributed by atoms with Gasteiger partial charge >= 0.3 is 11.7 Å². The van der Waals surface area contributed by atoms with Crippen LogP contribution in [0.3, 0.4) is 0 Å². The van der Waals surface area contributed by atoms with Crippen molar-refractivity contribution in [2.75, 3.05) is 6.54 Å². The van der Waals surface area contributed by atoms with Crippen molar-refractivity contribution in [2.45, 2.75) is 32.1 Å². The van der Waals surface area contributed by atoms with Crippen molar-refractivity contribution < 1.29 is 27.1 Å². The van der Waals surface area contributed by atoms with E-state index in [1.54, 1.807) is 0 Å². The fourth-order valence-electron chi connectivity index (χ4n) is 1.20. The van der Waals surface area contributed by atoms with Crippen LogP contribution in [0.5, 0.6) is 0 Å². The Balaban J connectivity index is 4.84. The molecular weight excluding hydrogens is 232 g/mol. The summed E-state index contributed by atoms with van der Waals surface area (Å²) in [5.74, 6) is -4.75. The largest absolute Gasteiger partial charge is 0.481 e. The minimum absolute atomic E-state index is 0.179. The molecule has 1 N–H and O–H groups in total. The second-order valence-electron chi connectivity index (χ2n) is 2.96. The molecule has 0 saturated carbocycles. The number of halogens is 2. The molecule has 0 radical (unpaired) electrons. The highest BCUT2D eigenvalue weighted by Crippen LogP contribution is 2.16. The van der Waals surface area contributed by atoms with Gasteiger partial charge in [-0.15, -0.1) is 0 Å². The Kier molecular flexibility index (Phi) is 5.09. The molecule has 1 unspecified atom stereocenters. The molecule has 1 atom stereocenters. The Bertz CT molecular complexity index is 317. The second-order valence-corrected chi connectivity index (χ2v) is 4.81. The first kappa shape index (κ1) is 14.2. The summed E-state index contributed by atoms with van der Waals surface area (Å²) in [5, 5.41) is 8.42. The molecule has 0 aliphatic carbocycles. The topological polar surface area (TPSA) is 74.7 Å². The van der Waals surface area contributed by atoms with Crippen LogP contribution in [0.15, 0.2) is 0 Å². The number of aliphatic carboxylic acids is 1. The number of hydrogen-bond donors (Lipinski definition) is 1. The standard InChI is InChI=1S/C7H13F2NO4S/c1-3-10(5(2)4-6(11)12)15(13,14)7(8)9/h5,7H,3-4H2,1-2H3,(H,11,12). The Morgan fingerprint density at radius 1 is 1.47 bits per heavy atom. The summed E-state index contributed by atoms with van der Waals surface area (Å²) in [6.07, 6.45) is -0.500. The minimum atomic E-state index is -4.70. The molecule has 0 aliphatic heterocycles. The number of alkyl halides is 2. The summed E-state index contributed by atoms with van der Waals surface area (Å²) in [4.78, 5) is 10.3. The summed E-state index contributed by atoms with van der Waals surface area (Å²) < 4.78 is 47.0. The fraction of sp³-hybridized carbons (Fsp3) is 0.857. The van der Waals surface area contributed by atoms with Gasteiger partial charge in [0, 0.05) is 12.6 Å². The van der Waals surface area contributed by atoms with Gasteiger partial charge < -0.3 is 5.11 Å². The summed E-state index contributed by atoms with van der Waals surface area (Å²) in [6.45, 7) is 2.47. The van der Waals surface area contributed by atoms with Crippen LogP contribution in [0, 0.1) is 0 Å². The lowest BCUT2D eigenvalue weighted by Crippen LogP contribution is -2.42. The van der Waals surface area contributed by atoms with E-state index in [4.69, 9.17) is 5.11 Å². The number of sulfonamides is 1. The summed E-state index contributed by atoms with van der Waals surface area (Å²) in [7, 11) is -4.70. The maximum atomic E-state index is 12.2. The Labute approximate surface area is 86.7 Å². The smallest absolute Gasteiger partial charge is 0.350 e. The average molecular weight is 245 g/mol. The van der Waals surface area contributed by atoms with E-state index in [0.29, 0.717) is 4.31 Å². The lowest BCUT2D eigenvalue weighted by Gasteiger charge is -2.25. The summed E-state index contributed by atoms with van der Waals surface area (Å²) in [5.41, 5.74) is 0. The summed E-state index contributed by atoms with van der Waals surface area (Å²) >= 11 is 0. The molecule has 0 aliphatic rings. The number of carboxylic acid groups (broad SMARTS) is 1. The first-order valence-corrected chi connectivity index (χ1v) is 5.74. The molecule has 15 heavy (non-hydrogen) atoms. The number of hydrogen-bond acceptors (Lipinski definition) is 3. The third-order valence-corrected chi connectivity index (χ3v) is 3.55. The molecule has 90 valence electrons. The highest BCUT2D eigenvalue weighted by atomic mass is 32.2. The van der Waals surface area contributed by atoms with Crippen LogP contribution in [0.1, 0.15) is 20.3 Å². The van der Waals surface area contributed by atoms with Gasteiger partial charge in [-0.05, 0) is 6.92 Å². The number of nitrogens with zero attached hydrogens (tertiary/aromatic N) is 1. The molecule has 0 aromatic carbocycles. The molecule has 0 spiro atoms. The van der Waals surface area contributed by atoms with Gasteiger partial charge in [-0.3, -0.25) is 4.79 Å². The molecule has 5 nitrogen and oxygen atoms in total. The molecule has 0 amide bonds. The molecule has 0 aromatic rings. The highest BCUT2D eigenvalue weighted by Gasteiger charge is 2.34. The zero-order valence-corrected chi connectivity index (χ0v) is 9.17. The first-order valence-electron chi connectivity index (χ1n) is 4.24. The van der Waals surface area contributed by atoms with Gasteiger partial charge in [0.25, 0.3) is 10.0 Å². The summed E-state index contributed by atoms with van der Waals surface area (Å²) in [6, 6.07) is -0.980. The van der Waals surface area contributed by atoms with Crippen molar-refractivity contribution in [3.63, 3.8) is 0 Å². The van der Waals surface area contributed by atoms with E-state index < -0.39 is 34.2 Å². The second kappa shape index (κ2) is 5.36. The molecular formula is C7H13F2NO4S. The third kappa shape index (κ3) is 3.71. The van der Waals surface area contributed by atoms with Crippen molar-refractivity contribution in [3.05, 3.63) is 0 Å². The maximum absolute atomic E-state index is 12.2. The van der Waals surface area contributed by atoms with Crippen molar-refractivity contribution in [3.8, 4) is 0 Å². The predicted molar refractivity (Wildman–Crippen MR) is 49.0 cm³/mol. The molecule has 8 heteroatoms. The van der Waals surface area contributed by atoms with Gasteiger partial charge in [-0.1, -0.05) is 6.92 Å². The van der Waals surface area contributed by atoms with Gasteiger partial charge in [0.05, 0.1) is 6.42 Å². The fourth-order valence-corrected chi connectivity index (χ4v) is 2.34. The number of rotatable bonds is 6.